The van der Waals surface area contributed by atoms with Crippen molar-refractivity contribution in [3.05, 3.63) is 28.2 Å². The highest BCUT2D eigenvalue weighted by Gasteiger charge is 2.14. The Labute approximate surface area is 102 Å². The first-order valence-electron chi connectivity index (χ1n) is 6.60. The SMILES string of the molecule is CCCn1nc(CNC2CCCC2)ccc1=O. The van der Waals surface area contributed by atoms with E-state index in [1.54, 1.807) is 10.7 Å². The molecule has 0 atom stereocenters. The maximum atomic E-state index is 11.5. The van der Waals surface area contributed by atoms with Crippen LogP contribution in [0.15, 0.2) is 16.9 Å². The minimum Gasteiger partial charge on any atom is -0.308 e. The molecule has 0 radical (unpaired) electrons. The number of nitrogens with zero attached hydrogens (tertiary/aromatic N) is 2. The maximum absolute atomic E-state index is 11.5. The van der Waals surface area contributed by atoms with E-state index in [0.717, 1.165) is 18.7 Å². The second-order valence-electron chi connectivity index (χ2n) is 4.75. The molecule has 0 bridgehead atoms. The van der Waals surface area contributed by atoms with E-state index in [4.69, 9.17) is 0 Å². The van der Waals surface area contributed by atoms with Crippen LogP contribution in [-0.4, -0.2) is 15.8 Å². The van der Waals surface area contributed by atoms with Gasteiger partial charge in [0.1, 0.15) is 0 Å². The fourth-order valence-electron chi connectivity index (χ4n) is 2.34. The highest BCUT2D eigenvalue weighted by molar-refractivity contribution is 5.00. The molecule has 94 valence electrons. The van der Waals surface area contributed by atoms with E-state index >= 15 is 0 Å². The van der Waals surface area contributed by atoms with Crippen molar-refractivity contribution in [2.24, 2.45) is 0 Å². The van der Waals surface area contributed by atoms with E-state index in [2.05, 4.69) is 17.3 Å². The monoisotopic (exact) mass is 235 g/mol. The lowest BCUT2D eigenvalue weighted by Gasteiger charge is -2.11. The summed E-state index contributed by atoms with van der Waals surface area (Å²) in [5.74, 6) is 0. The molecule has 1 aromatic rings. The van der Waals surface area contributed by atoms with Crippen molar-refractivity contribution in [3.8, 4) is 0 Å². The third-order valence-corrected chi connectivity index (χ3v) is 3.28. The summed E-state index contributed by atoms with van der Waals surface area (Å²) in [6.07, 6.45) is 6.15. The van der Waals surface area contributed by atoms with Gasteiger partial charge >= 0.3 is 0 Å². The zero-order chi connectivity index (χ0) is 12.1. The first-order valence-corrected chi connectivity index (χ1v) is 6.60. The Balaban J connectivity index is 1.95. The summed E-state index contributed by atoms with van der Waals surface area (Å²) in [5, 5.41) is 7.87. The molecule has 1 aromatic heterocycles. The Kier molecular flexibility index (Phi) is 4.31. The maximum Gasteiger partial charge on any atom is 0.266 e. The third kappa shape index (κ3) is 3.40. The fraction of sp³-hybridized carbons (Fsp3) is 0.692. The van der Waals surface area contributed by atoms with Gasteiger partial charge in [-0.25, -0.2) is 4.68 Å². The van der Waals surface area contributed by atoms with Gasteiger partial charge in [-0.2, -0.15) is 5.10 Å². The molecule has 1 aliphatic carbocycles. The van der Waals surface area contributed by atoms with Crippen molar-refractivity contribution in [1.29, 1.82) is 0 Å². The van der Waals surface area contributed by atoms with Crippen LogP contribution in [0.4, 0.5) is 0 Å². The second-order valence-corrected chi connectivity index (χ2v) is 4.75. The van der Waals surface area contributed by atoms with Crippen LogP contribution in [0, 0.1) is 0 Å². The molecule has 2 rings (SSSR count). The summed E-state index contributed by atoms with van der Waals surface area (Å²) in [7, 11) is 0. The zero-order valence-electron chi connectivity index (χ0n) is 10.5. The Hall–Kier alpha value is -1.16. The van der Waals surface area contributed by atoms with E-state index in [9.17, 15) is 4.79 Å². The van der Waals surface area contributed by atoms with Crippen LogP contribution in [0.3, 0.4) is 0 Å². The summed E-state index contributed by atoms with van der Waals surface area (Å²) < 4.78 is 1.56. The van der Waals surface area contributed by atoms with Gasteiger partial charge in [-0.05, 0) is 25.3 Å². The number of aromatic nitrogens is 2. The largest absolute Gasteiger partial charge is 0.308 e. The topological polar surface area (TPSA) is 46.9 Å². The zero-order valence-corrected chi connectivity index (χ0v) is 10.5. The van der Waals surface area contributed by atoms with Crippen molar-refractivity contribution in [2.45, 2.75) is 58.2 Å². The Morgan fingerprint density at radius 1 is 1.41 bits per heavy atom. The van der Waals surface area contributed by atoms with E-state index in [0.29, 0.717) is 12.6 Å². The van der Waals surface area contributed by atoms with Crippen molar-refractivity contribution in [3.63, 3.8) is 0 Å². The number of hydrogen-bond donors (Lipinski definition) is 1. The Morgan fingerprint density at radius 2 is 2.18 bits per heavy atom. The molecule has 0 amide bonds. The quantitative estimate of drug-likeness (QED) is 0.844. The number of nitrogens with one attached hydrogen (secondary N) is 1. The number of hydrogen-bond acceptors (Lipinski definition) is 3. The van der Waals surface area contributed by atoms with E-state index in [1.807, 2.05) is 6.07 Å². The van der Waals surface area contributed by atoms with Crippen molar-refractivity contribution in [1.82, 2.24) is 15.1 Å². The van der Waals surface area contributed by atoms with Gasteiger partial charge in [-0.3, -0.25) is 4.79 Å². The molecule has 0 aliphatic heterocycles. The van der Waals surface area contributed by atoms with Gasteiger partial charge in [0, 0.05) is 25.2 Å². The molecule has 1 aliphatic rings. The number of rotatable bonds is 5. The average Bonchev–Trinajstić information content (AvgIpc) is 2.83. The molecule has 0 spiro atoms. The van der Waals surface area contributed by atoms with Gasteiger partial charge < -0.3 is 5.32 Å². The summed E-state index contributed by atoms with van der Waals surface area (Å²) >= 11 is 0. The highest BCUT2D eigenvalue weighted by atomic mass is 16.1. The molecule has 4 nitrogen and oxygen atoms in total. The van der Waals surface area contributed by atoms with Crippen LogP contribution in [0.5, 0.6) is 0 Å². The van der Waals surface area contributed by atoms with Crippen molar-refractivity contribution in [2.75, 3.05) is 0 Å². The predicted octanol–water partition coefficient (Wildman–Crippen LogP) is 1.69. The first-order chi connectivity index (χ1) is 8.29. The molecular formula is C13H21N3O. The third-order valence-electron chi connectivity index (χ3n) is 3.28. The normalized spacial score (nSPS) is 16.5. The first kappa shape index (κ1) is 12.3. The van der Waals surface area contributed by atoms with Gasteiger partial charge in [0.15, 0.2) is 0 Å². The smallest absolute Gasteiger partial charge is 0.266 e. The molecule has 1 N–H and O–H groups in total. The van der Waals surface area contributed by atoms with Gasteiger partial charge in [0.25, 0.3) is 5.56 Å². The standard InChI is InChI=1S/C13H21N3O/c1-2-9-16-13(17)8-7-12(15-16)10-14-11-5-3-4-6-11/h7-8,11,14H,2-6,9-10H2,1H3. The van der Waals surface area contributed by atoms with E-state index < -0.39 is 0 Å². The molecule has 0 aromatic carbocycles. The molecule has 1 heterocycles. The van der Waals surface area contributed by atoms with Crippen LogP contribution in [0.25, 0.3) is 0 Å². The van der Waals surface area contributed by atoms with Crippen LogP contribution < -0.4 is 10.9 Å². The lowest BCUT2D eigenvalue weighted by Crippen LogP contribution is -2.28. The molecule has 17 heavy (non-hydrogen) atoms. The minimum atomic E-state index is -0.00327. The van der Waals surface area contributed by atoms with Gasteiger partial charge in [0.2, 0.25) is 0 Å². The Bertz CT molecular complexity index is 407. The second kappa shape index (κ2) is 5.96. The van der Waals surface area contributed by atoms with Gasteiger partial charge in [-0.1, -0.05) is 19.8 Å². The fourth-order valence-corrected chi connectivity index (χ4v) is 2.34. The predicted molar refractivity (Wildman–Crippen MR) is 67.9 cm³/mol. The molecular weight excluding hydrogens is 214 g/mol. The summed E-state index contributed by atoms with van der Waals surface area (Å²) in [6.45, 7) is 3.53. The summed E-state index contributed by atoms with van der Waals surface area (Å²) in [5.41, 5.74) is 0.960. The van der Waals surface area contributed by atoms with Crippen LogP contribution >= 0.6 is 0 Å². The van der Waals surface area contributed by atoms with E-state index in [-0.39, 0.29) is 5.56 Å². The molecule has 1 saturated carbocycles. The molecule has 4 heteroatoms. The number of aryl methyl sites for hydroxylation is 1. The van der Waals surface area contributed by atoms with Crippen LogP contribution in [0.2, 0.25) is 0 Å². The average molecular weight is 235 g/mol. The lowest BCUT2D eigenvalue weighted by atomic mass is 10.2. The van der Waals surface area contributed by atoms with Crippen molar-refractivity contribution < 1.29 is 0 Å². The van der Waals surface area contributed by atoms with E-state index in [1.165, 1.54) is 25.7 Å². The van der Waals surface area contributed by atoms with Gasteiger partial charge in [-0.15, -0.1) is 0 Å². The lowest BCUT2D eigenvalue weighted by molar-refractivity contribution is 0.498. The molecule has 0 unspecified atom stereocenters. The Morgan fingerprint density at radius 3 is 2.88 bits per heavy atom. The molecule has 0 saturated heterocycles. The van der Waals surface area contributed by atoms with Crippen molar-refractivity contribution >= 4 is 0 Å². The molecule has 1 fully saturated rings. The van der Waals surface area contributed by atoms with Crippen LogP contribution in [-0.2, 0) is 13.1 Å². The summed E-state index contributed by atoms with van der Waals surface area (Å²) in [4.78, 5) is 11.5. The minimum absolute atomic E-state index is 0.00327. The van der Waals surface area contributed by atoms with Gasteiger partial charge in [0.05, 0.1) is 5.69 Å². The van der Waals surface area contributed by atoms with Crippen LogP contribution in [0.1, 0.15) is 44.7 Å². The highest BCUT2D eigenvalue weighted by Crippen LogP contribution is 2.17. The summed E-state index contributed by atoms with van der Waals surface area (Å²) in [6, 6.07) is 4.09.